The van der Waals surface area contributed by atoms with Crippen molar-refractivity contribution in [2.75, 3.05) is 40.0 Å². The fourth-order valence-corrected chi connectivity index (χ4v) is 2.56. The van der Waals surface area contributed by atoms with E-state index in [1.54, 1.807) is 16.8 Å². The minimum Gasteiger partial charge on any atom is -0.492 e. The fourth-order valence-electron chi connectivity index (χ4n) is 2.56. The van der Waals surface area contributed by atoms with Crippen molar-refractivity contribution in [3.8, 4) is 5.75 Å². The number of carbonyl (C=O) groups excluding carboxylic acids is 2. The van der Waals surface area contributed by atoms with E-state index in [-0.39, 0.29) is 18.4 Å². The maximum Gasteiger partial charge on any atom is 0.247 e. The Balaban J connectivity index is 1.85. The van der Waals surface area contributed by atoms with Crippen molar-refractivity contribution in [2.24, 2.45) is 0 Å². The standard InChI is InChI=1S/C17H24N2O4/c1-13-5-4-6-15(11-13)23-10-7-18(3)17(21)16-12-22-9-8-19(16)14(2)20/h4-6,11,16H,7-10,12H2,1-3H3. The Hall–Kier alpha value is -2.08. The van der Waals surface area contributed by atoms with Crippen molar-refractivity contribution in [3.05, 3.63) is 29.8 Å². The van der Waals surface area contributed by atoms with Gasteiger partial charge in [0.25, 0.3) is 0 Å². The van der Waals surface area contributed by atoms with E-state index in [9.17, 15) is 9.59 Å². The van der Waals surface area contributed by atoms with Crippen molar-refractivity contribution in [3.63, 3.8) is 0 Å². The number of morpholine rings is 1. The summed E-state index contributed by atoms with van der Waals surface area (Å²) in [5.41, 5.74) is 1.13. The molecule has 1 fully saturated rings. The summed E-state index contributed by atoms with van der Waals surface area (Å²) < 4.78 is 11.0. The van der Waals surface area contributed by atoms with Crippen molar-refractivity contribution in [1.82, 2.24) is 9.80 Å². The Morgan fingerprint density at radius 2 is 2.22 bits per heavy atom. The maximum absolute atomic E-state index is 12.5. The van der Waals surface area contributed by atoms with Crippen LogP contribution in [0.25, 0.3) is 0 Å². The number of aryl methyl sites for hydroxylation is 1. The predicted molar refractivity (Wildman–Crippen MR) is 86.3 cm³/mol. The van der Waals surface area contributed by atoms with Gasteiger partial charge in [0, 0.05) is 20.5 Å². The Labute approximate surface area is 137 Å². The third-order valence-corrected chi connectivity index (χ3v) is 3.88. The number of amides is 2. The Bertz CT molecular complexity index is 561. The summed E-state index contributed by atoms with van der Waals surface area (Å²) in [6.07, 6.45) is 0. The third-order valence-electron chi connectivity index (χ3n) is 3.88. The molecule has 0 spiro atoms. The number of hydrogen-bond acceptors (Lipinski definition) is 4. The summed E-state index contributed by atoms with van der Waals surface area (Å²) >= 11 is 0. The quantitative estimate of drug-likeness (QED) is 0.814. The number of ether oxygens (including phenoxy) is 2. The molecule has 0 radical (unpaired) electrons. The molecule has 1 unspecified atom stereocenters. The number of hydrogen-bond donors (Lipinski definition) is 0. The Kier molecular flexibility index (Phi) is 5.98. The van der Waals surface area contributed by atoms with Gasteiger partial charge >= 0.3 is 0 Å². The molecule has 126 valence electrons. The highest BCUT2D eigenvalue weighted by Crippen LogP contribution is 2.13. The molecule has 1 aromatic carbocycles. The van der Waals surface area contributed by atoms with Crippen molar-refractivity contribution >= 4 is 11.8 Å². The zero-order valence-electron chi connectivity index (χ0n) is 13.9. The summed E-state index contributed by atoms with van der Waals surface area (Å²) in [6.45, 7) is 5.52. The molecule has 0 saturated carbocycles. The van der Waals surface area contributed by atoms with Crippen LogP contribution in [0, 0.1) is 6.92 Å². The van der Waals surface area contributed by atoms with E-state index in [0.717, 1.165) is 11.3 Å². The van der Waals surface area contributed by atoms with Crippen LogP contribution in [0.15, 0.2) is 24.3 Å². The highest BCUT2D eigenvalue weighted by molar-refractivity contribution is 5.87. The van der Waals surface area contributed by atoms with E-state index in [0.29, 0.717) is 26.3 Å². The molecular formula is C17H24N2O4. The lowest BCUT2D eigenvalue weighted by molar-refractivity contribution is -0.152. The molecule has 6 heteroatoms. The first-order valence-corrected chi connectivity index (χ1v) is 7.78. The molecule has 6 nitrogen and oxygen atoms in total. The molecule has 23 heavy (non-hydrogen) atoms. The molecule has 1 aliphatic heterocycles. The number of carbonyl (C=O) groups is 2. The van der Waals surface area contributed by atoms with Gasteiger partial charge in [0.1, 0.15) is 18.4 Å². The van der Waals surface area contributed by atoms with Crippen LogP contribution in [0.4, 0.5) is 0 Å². The first-order chi connectivity index (χ1) is 11.0. The summed E-state index contributed by atoms with van der Waals surface area (Å²) in [6, 6.07) is 7.24. The molecule has 2 rings (SSSR count). The number of benzene rings is 1. The van der Waals surface area contributed by atoms with Crippen LogP contribution in [-0.2, 0) is 14.3 Å². The predicted octanol–water partition coefficient (Wildman–Crippen LogP) is 1.08. The highest BCUT2D eigenvalue weighted by Gasteiger charge is 2.32. The van der Waals surface area contributed by atoms with Gasteiger partial charge in [0.05, 0.1) is 19.8 Å². The van der Waals surface area contributed by atoms with Crippen LogP contribution >= 0.6 is 0 Å². The fraction of sp³-hybridized carbons (Fsp3) is 0.529. The molecule has 1 aliphatic rings. The lowest BCUT2D eigenvalue weighted by Gasteiger charge is -2.35. The van der Waals surface area contributed by atoms with Gasteiger partial charge in [-0.15, -0.1) is 0 Å². The lowest BCUT2D eigenvalue weighted by atomic mass is 10.2. The van der Waals surface area contributed by atoms with Crippen LogP contribution in [0.5, 0.6) is 5.75 Å². The van der Waals surface area contributed by atoms with Gasteiger partial charge in [-0.3, -0.25) is 9.59 Å². The van der Waals surface area contributed by atoms with Crippen LogP contribution in [0.1, 0.15) is 12.5 Å². The molecule has 2 amide bonds. The minimum atomic E-state index is -0.537. The molecule has 0 aromatic heterocycles. The van der Waals surface area contributed by atoms with Gasteiger partial charge in [-0.05, 0) is 24.6 Å². The normalized spacial score (nSPS) is 17.7. The average molecular weight is 320 g/mol. The van der Waals surface area contributed by atoms with Crippen LogP contribution in [-0.4, -0.2) is 67.6 Å². The van der Waals surface area contributed by atoms with E-state index < -0.39 is 6.04 Å². The molecular weight excluding hydrogens is 296 g/mol. The molecule has 0 aliphatic carbocycles. The van der Waals surface area contributed by atoms with Crippen LogP contribution in [0.2, 0.25) is 0 Å². The number of rotatable bonds is 5. The molecule has 1 heterocycles. The van der Waals surface area contributed by atoms with E-state index in [2.05, 4.69) is 0 Å². The van der Waals surface area contributed by atoms with Gasteiger partial charge < -0.3 is 19.3 Å². The molecule has 1 saturated heterocycles. The molecule has 1 atom stereocenters. The second kappa shape index (κ2) is 7.97. The van der Waals surface area contributed by atoms with Crippen molar-refractivity contribution in [1.29, 1.82) is 0 Å². The van der Waals surface area contributed by atoms with Crippen LogP contribution in [0.3, 0.4) is 0 Å². The highest BCUT2D eigenvalue weighted by atomic mass is 16.5. The minimum absolute atomic E-state index is 0.101. The zero-order chi connectivity index (χ0) is 16.8. The van der Waals surface area contributed by atoms with Gasteiger partial charge in [-0.1, -0.05) is 12.1 Å². The summed E-state index contributed by atoms with van der Waals surface area (Å²) in [5, 5.41) is 0. The van der Waals surface area contributed by atoms with E-state index in [1.807, 2.05) is 31.2 Å². The van der Waals surface area contributed by atoms with Crippen LogP contribution < -0.4 is 4.74 Å². The largest absolute Gasteiger partial charge is 0.492 e. The number of nitrogens with zero attached hydrogens (tertiary/aromatic N) is 2. The lowest BCUT2D eigenvalue weighted by Crippen LogP contribution is -2.55. The third kappa shape index (κ3) is 4.69. The van der Waals surface area contributed by atoms with Gasteiger partial charge in [0.15, 0.2) is 0 Å². The first kappa shape index (κ1) is 17.3. The van der Waals surface area contributed by atoms with E-state index >= 15 is 0 Å². The van der Waals surface area contributed by atoms with E-state index in [1.165, 1.54) is 6.92 Å². The number of likely N-dealkylation sites (N-methyl/N-ethyl adjacent to an activating group) is 1. The van der Waals surface area contributed by atoms with Gasteiger partial charge in [0.2, 0.25) is 11.8 Å². The second-order valence-corrected chi connectivity index (χ2v) is 5.73. The smallest absolute Gasteiger partial charge is 0.247 e. The van der Waals surface area contributed by atoms with E-state index in [4.69, 9.17) is 9.47 Å². The summed E-state index contributed by atoms with van der Waals surface area (Å²) in [7, 11) is 1.72. The molecule has 0 bridgehead atoms. The monoisotopic (exact) mass is 320 g/mol. The first-order valence-electron chi connectivity index (χ1n) is 7.78. The van der Waals surface area contributed by atoms with Crippen molar-refractivity contribution < 1.29 is 19.1 Å². The van der Waals surface area contributed by atoms with Gasteiger partial charge in [-0.2, -0.15) is 0 Å². The SMILES string of the molecule is CC(=O)N1CCOCC1C(=O)N(C)CCOc1cccc(C)c1. The average Bonchev–Trinajstić information content (AvgIpc) is 2.54. The maximum atomic E-state index is 12.5. The summed E-state index contributed by atoms with van der Waals surface area (Å²) in [4.78, 5) is 27.3. The van der Waals surface area contributed by atoms with Crippen molar-refractivity contribution in [2.45, 2.75) is 19.9 Å². The summed E-state index contributed by atoms with van der Waals surface area (Å²) in [5.74, 6) is 0.570. The topological polar surface area (TPSA) is 59.1 Å². The second-order valence-electron chi connectivity index (χ2n) is 5.73. The Morgan fingerprint density at radius 1 is 1.43 bits per heavy atom. The van der Waals surface area contributed by atoms with Gasteiger partial charge in [-0.25, -0.2) is 0 Å². The zero-order valence-corrected chi connectivity index (χ0v) is 13.9. The molecule has 0 N–H and O–H groups in total. The Morgan fingerprint density at radius 3 is 2.91 bits per heavy atom. The molecule has 1 aromatic rings.